The molecule has 0 bridgehead atoms. The summed E-state index contributed by atoms with van der Waals surface area (Å²) in [5.41, 5.74) is 3.84. The summed E-state index contributed by atoms with van der Waals surface area (Å²) < 4.78 is 0.727. The van der Waals surface area contributed by atoms with Gasteiger partial charge < -0.3 is 15.5 Å². The molecule has 1 aliphatic rings. The first-order chi connectivity index (χ1) is 16.5. The second-order valence-corrected chi connectivity index (χ2v) is 9.68. The van der Waals surface area contributed by atoms with Crippen LogP contribution in [0.3, 0.4) is 0 Å². The highest BCUT2D eigenvalue weighted by atomic mass is 79.9. The number of benzene rings is 3. The fraction of sp³-hybridized carbons (Fsp3) is 0.286. The van der Waals surface area contributed by atoms with Crippen LogP contribution in [0.1, 0.15) is 46.0 Å². The molecule has 0 aromatic heterocycles. The molecule has 6 heteroatoms. The van der Waals surface area contributed by atoms with Crippen LogP contribution in [0, 0.1) is 5.92 Å². The van der Waals surface area contributed by atoms with Crippen molar-refractivity contribution in [1.29, 1.82) is 0 Å². The van der Waals surface area contributed by atoms with Crippen LogP contribution in [0.25, 0.3) is 0 Å². The first-order valence-electron chi connectivity index (χ1n) is 11.8. The minimum atomic E-state index is -0.220. The quantitative estimate of drug-likeness (QED) is 0.407. The zero-order valence-corrected chi connectivity index (χ0v) is 21.0. The fourth-order valence-electron chi connectivity index (χ4n) is 4.22. The van der Waals surface area contributed by atoms with Crippen LogP contribution in [0.2, 0.25) is 0 Å². The summed E-state index contributed by atoms with van der Waals surface area (Å²) in [7, 11) is 0. The molecule has 0 unspecified atom stereocenters. The number of rotatable bonds is 7. The van der Waals surface area contributed by atoms with Gasteiger partial charge in [-0.3, -0.25) is 9.59 Å². The van der Waals surface area contributed by atoms with E-state index in [1.54, 1.807) is 12.1 Å². The van der Waals surface area contributed by atoms with Crippen molar-refractivity contribution in [2.45, 2.75) is 26.2 Å². The van der Waals surface area contributed by atoms with Gasteiger partial charge in [-0.1, -0.05) is 49.4 Å². The third kappa shape index (κ3) is 6.06. The van der Waals surface area contributed by atoms with Crippen molar-refractivity contribution < 1.29 is 9.59 Å². The number of nitrogens with zero attached hydrogens (tertiary/aromatic N) is 1. The van der Waals surface area contributed by atoms with Crippen molar-refractivity contribution in [3.8, 4) is 0 Å². The summed E-state index contributed by atoms with van der Waals surface area (Å²) in [6, 6.07) is 23.0. The first-order valence-corrected chi connectivity index (χ1v) is 12.6. The number of nitrogens with one attached hydrogen (secondary N) is 2. The summed E-state index contributed by atoms with van der Waals surface area (Å²) >= 11 is 3.43. The number of carbonyl (C=O) groups excluding carboxylic acids is 2. The SMILES string of the molecule is CC1CCN(c2ccc(NC(=O)c3ccccc3Br)cc2C(=O)NCCc2ccccc2)CC1. The van der Waals surface area contributed by atoms with Gasteiger partial charge in [-0.15, -0.1) is 0 Å². The molecule has 0 aliphatic carbocycles. The average Bonchev–Trinajstić information content (AvgIpc) is 2.85. The predicted molar refractivity (Wildman–Crippen MR) is 142 cm³/mol. The van der Waals surface area contributed by atoms with E-state index in [1.807, 2.05) is 48.5 Å². The molecule has 2 amide bonds. The number of amides is 2. The van der Waals surface area contributed by atoms with Crippen LogP contribution in [-0.2, 0) is 6.42 Å². The van der Waals surface area contributed by atoms with Crippen molar-refractivity contribution in [3.63, 3.8) is 0 Å². The summed E-state index contributed by atoms with van der Waals surface area (Å²) in [5, 5.41) is 6.02. The van der Waals surface area contributed by atoms with E-state index in [0.717, 1.165) is 42.5 Å². The van der Waals surface area contributed by atoms with Gasteiger partial charge in [0, 0.05) is 35.5 Å². The summed E-state index contributed by atoms with van der Waals surface area (Å²) in [4.78, 5) is 28.4. The number of carbonyl (C=O) groups is 2. The third-order valence-electron chi connectivity index (χ3n) is 6.28. The minimum absolute atomic E-state index is 0.124. The molecule has 4 rings (SSSR count). The zero-order chi connectivity index (χ0) is 23.9. The second kappa shape index (κ2) is 11.3. The molecule has 0 atom stereocenters. The lowest BCUT2D eigenvalue weighted by Crippen LogP contribution is -2.35. The molecule has 1 heterocycles. The molecule has 3 aromatic rings. The monoisotopic (exact) mass is 519 g/mol. The maximum absolute atomic E-state index is 13.3. The lowest BCUT2D eigenvalue weighted by Gasteiger charge is -2.33. The molecule has 5 nitrogen and oxygen atoms in total. The van der Waals surface area contributed by atoms with Crippen LogP contribution in [0.5, 0.6) is 0 Å². The maximum Gasteiger partial charge on any atom is 0.256 e. The van der Waals surface area contributed by atoms with E-state index in [4.69, 9.17) is 0 Å². The van der Waals surface area contributed by atoms with Gasteiger partial charge in [0.05, 0.1) is 11.1 Å². The predicted octanol–water partition coefficient (Wildman–Crippen LogP) is 5.91. The van der Waals surface area contributed by atoms with Crippen molar-refractivity contribution in [3.05, 3.63) is 94.0 Å². The van der Waals surface area contributed by atoms with Crippen molar-refractivity contribution in [2.24, 2.45) is 5.92 Å². The highest BCUT2D eigenvalue weighted by molar-refractivity contribution is 9.10. The van der Waals surface area contributed by atoms with Gasteiger partial charge in [0.15, 0.2) is 0 Å². The van der Waals surface area contributed by atoms with Gasteiger partial charge >= 0.3 is 0 Å². The van der Waals surface area contributed by atoms with Gasteiger partial charge in [-0.25, -0.2) is 0 Å². The van der Waals surface area contributed by atoms with Crippen LogP contribution in [0.15, 0.2) is 77.3 Å². The largest absolute Gasteiger partial charge is 0.371 e. The van der Waals surface area contributed by atoms with Gasteiger partial charge in [0.2, 0.25) is 0 Å². The number of halogens is 1. The van der Waals surface area contributed by atoms with Crippen molar-refractivity contribution in [1.82, 2.24) is 5.32 Å². The molecular formula is C28H30BrN3O2. The Kier molecular flexibility index (Phi) is 8.01. The number of anilines is 2. The highest BCUT2D eigenvalue weighted by Gasteiger charge is 2.22. The van der Waals surface area contributed by atoms with E-state index in [-0.39, 0.29) is 11.8 Å². The standard InChI is InChI=1S/C28H30BrN3O2/c1-20-14-17-32(18-15-20)26-12-11-22(31-28(34)23-9-5-6-10-25(23)29)19-24(26)27(33)30-16-13-21-7-3-2-4-8-21/h2-12,19-20H,13-18H2,1H3,(H,30,33)(H,31,34). The lowest BCUT2D eigenvalue weighted by atomic mass is 9.97. The molecule has 176 valence electrons. The van der Waals surface area contributed by atoms with Crippen LogP contribution < -0.4 is 15.5 Å². The molecule has 1 saturated heterocycles. The van der Waals surface area contributed by atoms with E-state index in [9.17, 15) is 9.59 Å². The van der Waals surface area contributed by atoms with E-state index in [2.05, 4.69) is 50.5 Å². The highest BCUT2D eigenvalue weighted by Crippen LogP contribution is 2.29. The molecule has 1 aliphatic heterocycles. The van der Waals surface area contributed by atoms with E-state index in [0.29, 0.717) is 29.3 Å². The normalized spacial score (nSPS) is 14.0. The maximum atomic E-state index is 13.3. The van der Waals surface area contributed by atoms with Gasteiger partial charge in [0.1, 0.15) is 0 Å². The lowest BCUT2D eigenvalue weighted by molar-refractivity contribution is 0.0953. The van der Waals surface area contributed by atoms with Gasteiger partial charge in [-0.05, 0) is 77.0 Å². The van der Waals surface area contributed by atoms with Crippen LogP contribution in [-0.4, -0.2) is 31.4 Å². The first kappa shape index (κ1) is 24.0. The Hall–Kier alpha value is -3.12. The van der Waals surface area contributed by atoms with Crippen molar-refractivity contribution >= 4 is 39.1 Å². The topological polar surface area (TPSA) is 61.4 Å². The van der Waals surface area contributed by atoms with Crippen molar-refractivity contribution in [2.75, 3.05) is 29.9 Å². The summed E-state index contributed by atoms with van der Waals surface area (Å²) in [6.45, 7) is 4.67. The third-order valence-corrected chi connectivity index (χ3v) is 6.98. The van der Waals surface area contributed by atoms with Crippen LogP contribution in [0.4, 0.5) is 11.4 Å². The number of piperidine rings is 1. The van der Waals surface area contributed by atoms with Crippen LogP contribution >= 0.6 is 15.9 Å². The molecule has 0 spiro atoms. The number of hydrogen-bond donors (Lipinski definition) is 2. The fourth-order valence-corrected chi connectivity index (χ4v) is 4.69. The number of hydrogen-bond acceptors (Lipinski definition) is 3. The molecule has 1 fully saturated rings. The van der Waals surface area contributed by atoms with Gasteiger partial charge in [-0.2, -0.15) is 0 Å². The smallest absolute Gasteiger partial charge is 0.256 e. The van der Waals surface area contributed by atoms with E-state index in [1.165, 1.54) is 5.56 Å². The Morgan fingerprint density at radius 3 is 2.35 bits per heavy atom. The molecule has 3 aromatic carbocycles. The Labute approximate surface area is 209 Å². The molecule has 0 saturated carbocycles. The second-order valence-electron chi connectivity index (χ2n) is 8.83. The van der Waals surface area contributed by atoms with E-state index >= 15 is 0 Å². The molecule has 2 N–H and O–H groups in total. The Morgan fingerprint density at radius 2 is 1.62 bits per heavy atom. The molecule has 34 heavy (non-hydrogen) atoms. The summed E-state index contributed by atoms with van der Waals surface area (Å²) in [6.07, 6.45) is 2.98. The Bertz CT molecular complexity index is 1140. The zero-order valence-electron chi connectivity index (χ0n) is 19.4. The Morgan fingerprint density at radius 1 is 0.912 bits per heavy atom. The van der Waals surface area contributed by atoms with Gasteiger partial charge in [0.25, 0.3) is 11.8 Å². The minimum Gasteiger partial charge on any atom is -0.371 e. The average molecular weight is 520 g/mol. The van der Waals surface area contributed by atoms with E-state index < -0.39 is 0 Å². The molecular weight excluding hydrogens is 490 g/mol. The summed E-state index contributed by atoms with van der Waals surface area (Å²) in [5.74, 6) is 0.353. The molecule has 0 radical (unpaired) electrons. The Balaban J connectivity index is 1.53.